The molecule has 3 rings (SSSR count). The molecule has 0 amide bonds. The van der Waals surface area contributed by atoms with E-state index in [1.807, 2.05) is 16.8 Å². The molecule has 0 fully saturated rings. The molecular formula is C19H28N2O. The molecule has 0 bridgehead atoms. The number of hydrogen-bond acceptors (Lipinski definition) is 2. The molecule has 0 aliphatic carbocycles. The van der Waals surface area contributed by atoms with Crippen molar-refractivity contribution in [3.8, 4) is 0 Å². The molecule has 2 aromatic heterocycles. The molecular weight excluding hydrogens is 272 g/mol. The van der Waals surface area contributed by atoms with Gasteiger partial charge in [0.25, 0.3) is 0 Å². The second kappa shape index (κ2) is 7.59. The highest BCUT2D eigenvalue weighted by molar-refractivity contribution is 5.57. The van der Waals surface area contributed by atoms with Crippen molar-refractivity contribution in [2.24, 2.45) is 5.92 Å². The van der Waals surface area contributed by atoms with Gasteiger partial charge < -0.3 is 4.74 Å². The van der Waals surface area contributed by atoms with Crippen LogP contribution in [0.15, 0.2) is 36.0 Å². The standard InChI is InChI=1S/C11H14N2.C8H14O/c1-8(2)11-9(3)12-13-7-5-4-6-10(11)13;1-7(2)8-3-5-9-6-4-8/h4-8H,1-3H3;3,7H,4-6H2,1-2H3. The lowest BCUT2D eigenvalue weighted by atomic mass is 9.99. The Morgan fingerprint density at radius 2 is 1.91 bits per heavy atom. The molecule has 0 aromatic carbocycles. The Bertz CT molecular complexity index is 638. The minimum Gasteiger partial charge on any atom is -0.377 e. The van der Waals surface area contributed by atoms with E-state index < -0.39 is 0 Å². The van der Waals surface area contributed by atoms with Crippen molar-refractivity contribution in [3.63, 3.8) is 0 Å². The zero-order valence-electron chi connectivity index (χ0n) is 14.5. The van der Waals surface area contributed by atoms with Crippen molar-refractivity contribution < 1.29 is 4.74 Å². The maximum Gasteiger partial charge on any atom is 0.0698 e. The van der Waals surface area contributed by atoms with Gasteiger partial charge in [-0.3, -0.25) is 0 Å². The lowest BCUT2D eigenvalue weighted by Crippen LogP contribution is -2.07. The number of hydrogen-bond donors (Lipinski definition) is 0. The number of ether oxygens (including phenoxy) is 1. The third kappa shape index (κ3) is 3.98. The second-order valence-corrected chi connectivity index (χ2v) is 6.44. The summed E-state index contributed by atoms with van der Waals surface area (Å²) in [6.45, 7) is 12.7. The van der Waals surface area contributed by atoms with Crippen molar-refractivity contribution in [1.29, 1.82) is 0 Å². The molecule has 22 heavy (non-hydrogen) atoms. The maximum absolute atomic E-state index is 5.17. The summed E-state index contributed by atoms with van der Waals surface area (Å²) in [6.07, 6.45) is 5.33. The van der Waals surface area contributed by atoms with Gasteiger partial charge in [-0.05, 0) is 37.3 Å². The van der Waals surface area contributed by atoms with E-state index in [1.54, 1.807) is 5.57 Å². The SMILES string of the molecule is CC(C)C1=CCOCC1.Cc1nn2ccccc2c1C(C)C. The van der Waals surface area contributed by atoms with Crippen LogP contribution >= 0.6 is 0 Å². The molecule has 0 spiro atoms. The summed E-state index contributed by atoms with van der Waals surface area (Å²) in [5.74, 6) is 1.26. The molecule has 2 aromatic rings. The Morgan fingerprint density at radius 3 is 2.45 bits per heavy atom. The molecule has 1 aliphatic heterocycles. The minimum atomic E-state index is 0.542. The summed E-state index contributed by atoms with van der Waals surface area (Å²) < 4.78 is 7.12. The average Bonchev–Trinajstić information content (AvgIpc) is 2.84. The maximum atomic E-state index is 5.17. The van der Waals surface area contributed by atoms with Crippen LogP contribution in [0.25, 0.3) is 5.52 Å². The highest BCUT2D eigenvalue weighted by Gasteiger charge is 2.11. The predicted molar refractivity (Wildman–Crippen MR) is 92.4 cm³/mol. The van der Waals surface area contributed by atoms with Gasteiger partial charge in [0.2, 0.25) is 0 Å². The monoisotopic (exact) mass is 300 g/mol. The van der Waals surface area contributed by atoms with Gasteiger partial charge in [0.05, 0.1) is 24.4 Å². The van der Waals surface area contributed by atoms with Crippen molar-refractivity contribution in [1.82, 2.24) is 9.61 Å². The molecule has 3 heterocycles. The molecule has 1 aliphatic rings. The highest BCUT2D eigenvalue weighted by atomic mass is 16.5. The van der Waals surface area contributed by atoms with E-state index in [4.69, 9.17) is 4.74 Å². The van der Waals surface area contributed by atoms with Crippen molar-refractivity contribution >= 4 is 5.52 Å². The molecule has 0 radical (unpaired) electrons. The molecule has 0 saturated heterocycles. The first-order chi connectivity index (χ1) is 10.5. The van der Waals surface area contributed by atoms with Gasteiger partial charge in [0.15, 0.2) is 0 Å². The number of pyridine rings is 1. The summed E-state index contributed by atoms with van der Waals surface area (Å²) in [4.78, 5) is 0. The number of nitrogens with zero attached hydrogens (tertiary/aromatic N) is 2. The quantitative estimate of drug-likeness (QED) is 0.748. The summed E-state index contributed by atoms with van der Waals surface area (Å²) in [6, 6.07) is 6.18. The molecule has 120 valence electrons. The Kier molecular flexibility index (Phi) is 5.78. The van der Waals surface area contributed by atoms with E-state index in [0.717, 1.165) is 25.3 Å². The molecule has 3 heteroatoms. The number of aryl methyl sites for hydroxylation is 1. The fourth-order valence-electron chi connectivity index (χ4n) is 2.92. The highest BCUT2D eigenvalue weighted by Crippen LogP contribution is 2.23. The van der Waals surface area contributed by atoms with E-state index in [1.165, 1.54) is 11.1 Å². The van der Waals surface area contributed by atoms with Gasteiger partial charge in [-0.25, -0.2) is 4.52 Å². The van der Waals surface area contributed by atoms with Gasteiger partial charge in [-0.2, -0.15) is 5.10 Å². The van der Waals surface area contributed by atoms with E-state index in [2.05, 4.69) is 57.9 Å². The van der Waals surface area contributed by atoms with E-state index in [9.17, 15) is 0 Å². The topological polar surface area (TPSA) is 26.5 Å². The Hall–Kier alpha value is -1.61. The van der Waals surface area contributed by atoms with Gasteiger partial charge in [0, 0.05) is 11.8 Å². The van der Waals surface area contributed by atoms with Crippen LogP contribution in [0.1, 0.15) is 51.3 Å². The van der Waals surface area contributed by atoms with Crippen LogP contribution < -0.4 is 0 Å². The Morgan fingerprint density at radius 1 is 1.14 bits per heavy atom. The van der Waals surface area contributed by atoms with Crippen molar-refractivity contribution in [2.45, 2.75) is 47.0 Å². The fourth-order valence-corrected chi connectivity index (χ4v) is 2.92. The smallest absolute Gasteiger partial charge is 0.0698 e. The first kappa shape index (κ1) is 16.8. The third-order valence-corrected chi connectivity index (χ3v) is 4.08. The van der Waals surface area contributed by atoms with Crippen LogP contribution in [-0.4, -0.2) is 22.8 Å². The Balaban J connectivity index is 0.000000172. The summed E-state index contributed by atoms with van der Waals surface area (Å²) in [5, 5.41) is 4.45. The molecule has 0 saturated carbocycles. The number of aromatic nitrogens is 2. The predicted octanol–water partition coefficient (Wildman–Crippen LogP) is 4.76. The van der Waals surface area contributed by atoms with Crippen LogP contribution in [0.4, 0.5) is 0 Å². The lowest BCUT2D eigenvalue weighted by molar-refractivity contribution is 0.151. The molecule has 0 unspecified atom stereocenters. The summed E-state index contributed by atoms with van der Waals surface area (Å²) in [7, 11) is 0. The fraction of sp³-hybridized carbons (Fsp3) is 0.526. The lowest BCUT2D eigenvalue weighted by Gasteiger charge is -2.15. The average molecular weight is 300 g/mol. The van der Waals surface area contributed by atoms with Gasteiger partial charge in [-0.1, -0.05) is 45.4 Å². The number of rotatable bonds is 2. The van der Waals surface area contributed by atoms with Crippen molar-refractivity contribution in [3.05, 3.63) is 47.3 Å². The van der Waals surface area contributed by atoms with Crippen LogP contribution in [0.5, 0.6) is 0 Å². The number of fused-ring (bicyclic) bond motifs is 1. The first-order valence-corrected chi connectivity index (χ1v) is 8.21. The van der Waals surface area contributed by atoms with Gasteiger partial charge in [-0.15, -0.1) is 0 Å². The molecule has 0 N–H and O–H groups in total. The molecule has 3 nitrogen and oxygen atoms in total. The normalized spacial score (nSPS) is 15.0. The molecule has 0 atom stereocenters. The van der Waals surface area contributed by atoms with E-state index in [0.29, 0.717) is 11.8 Å². The van der Waals surface area contributed by atoms with Crippen LogP contribution in [0.3, 0.4) is 0 Å². The van der Waals surface area contributed by atoms with Crippen LogP contribution in [0.2, 0.25) is 0 Å². The summed E-state index contributed by atoms with van der Waals surface area (Å²) >= 11 is 0. The zero-order valence-corrected chi connectivity index (χ0v) is 14.5. The zero-order chi connectivity index (χ0) is 16.1. The van der Waals surface area contributed by atoms with Gasteiger partial charge in [0.1, 0.15) is 0 Å². The van der Waals surface area contributed by atoms with E-state index >= 15 is 0 Å². The van der Waals surface area contributed by atoms with E-state index in [-0.39, 0.29) is 0 Å². The summed E-state index contributed by atoms with van der Waals surface area (Å²) in [5.41, 5.74) is 5.29. The van der Waals surface area contributed by atoms with Crippen LogP contribution in [-0.2, 0) is 4.74 Å². The Labute approximate surface area is 134 Å². The second-order valence-electron chi connectivity index (χ2n) is 6.44. The third-order valence-electron chi connectivity index (χ3n) is 4.08. The minimum absolute atomic E-state index is 0.542. The first-order valence-electron chi connectivity index (χ1n) is 8.21. The largest absolute Gasteiger partial charge is 0.377 e. The van der Waals surface area contributed by atoms with Crippen LogP contribution in [0, 0.1) is 12.8 Å². The van der Waals surface area contributed by atoms with Gasteiger partial charge >= 0.3 is 0 Å². The van der Waals surface area contributed by atoms with Crippen molar-refractivity contribution in [2.75, 3.05) is 13.2 Å².